The van der Waals surface area contributed by atoms with Crippen LogP contribution in [0.3, 0.4) is 0 Å². The third-order valence-electron chi connectivity index (χ3n) is 2.68. The molecule has 2 heterocycles. The van der Waals surface area contributed by atoms with Crippen molar-refractivity contribution in [2.75, 3.05) is 19.8 Å². The van der Waals surface area contributed by atoms with Crippen LogP contribution >= 0.6 is 0 Å². The van der Waals surface area contributed by atoms with Crippen molar-refractivity contribution in [1.82, 2.24) is 15.5 Å². The molecule has 1 aliphatic heterocycles. The monoisotopic (exact) mass is 251 g/mol. The summed E-state index contributed by atoms with van der Waals surface area (Å²) in [5.74, 6) is 0.189. The number of aromatic nitrogens is 2. The third kappa shape index (κ3) is 3.40. The highest BCUT2D eigenvalue weighted by atomic mass is 16.5. The number of carbonyl (C=O) groups excluding carboxylic acids is 1. The van der Waals surface area contributed by atoms with Gasteiger partial charge in [-0.05, 0) is 25.8 Å². The molecule has 18 heavy (non-hydrogen) atoms. The molecule has 0 aromatic carbocycles. The molecule has 1 aliphatic rings. The van der Waals surface area contributed by atoms with E-state index < -0.39 is 0 Å². The van der Waals surface area contributed by atoms with Crippen molar-refractivity contribution in [1.29, 1.82) is 0 Å². The average molecular weight is 251 g/mol. The maximum atomic E-state index is 11.8. The predicted molar refractivity (Wildman–Crippen MR) is 64.5 cm³/mol. The molecule has 6 heteroatoms. The van der Waals surface area contributed by atoms with Crippen molar-refractivity contribution in [2.45, 2.75) is 25.9 Å². The molecule has 2 rings (SSSR count). The first-order valence-corrected chi connectivity index (χ1v) is 6.16. The van der Waals surface area contributed by atoms with E-state index in [0.29, 0.717) is 19.0 Å². The van der Waals surface area contributed by atoms with E-state index in [0.717, 1.165) is 19.4 Å². The number of carbonyl (C=O) groups is 1. The van der Waals surface area contributed by atoms with Gasteiger partial charge in [0.1, 0.15) is 0 Å². The Morgan fingerprint density at radius 3 is 3.06 bits per heavy atom. The summed E-state index contributed by atoms with van der Waals surface area (Å²) in [5.41, 5.74) is 0.288. The summed E-state index contributed by atoms with van der Waals surface area (Å²) in [7, 11) is 0. The lowest BCUT2D eigenvalue weighted by atomic mass is 10.2. The van der Waals surface area contributed by atoms with Gasteiger partial charge in [0.05, 0.1) is 12.7 Å². The standard InChI is InChI=1S/C12H17N3O3/c1-2-17-11-6-5-10(14-15-11)12(16)13-8-9-4-3-7-18-9/h5-6,9H,2-4,7-8H2,1H3,(H,13,16). The molecule has 1 unspecified atom stereocenters. The van der Waals surface area contributed by atoms with Crippen molar-refractivity contribution in [3.63, 3.8) is 0 Å². The van der Waals surface area contributed by atoms with Crippen molar-refractivity contribution in [2.24, 2.45) is 0 Å². The zero-order chi connectivity index (χ0) is 12.8. The maximum absolute atomic E-state index is 11.8. The Kier molecular flexibility index (Phi) is 4.46. The van der Waals surface area contributed by atoms with Gasteiger partial charge in [0, 0.05) is 19.2 Å². The molecule has 0 bridgehead atoms. The number of hydrogen-bond donors (Lipinski definition) is 1. The highest BCUT2D eigenvalue weighted by Gasteiger charge is 2.17. The largest absolute Gasteiger partial charge is 0.477 e. The highest BCUT2D eigenvalue weighted by molar-refractivity contribution is 5.92. The summed E-state index contributed by atoms with van der Waals surface area (Å²) in [6.45, 7) is 3.69. The van der Waals surface area contributed by atoms with E-state index in [1.165, 1.54) is 0 Å². The molecule has 6 nitrogen and oxygen atoms in total. The third-order valence-corrected chi connectivity index (χ3v) is 2.68. The summed E-state index contributed by atoms with van der Waals surface area (Å²) in [5, 5.41) is 10.4. The Morgan fingerprint density at radius 2 is 2.44 bits per heavy atom. The molecule has 0 radical (unpaired) electrons. The molecule has 1 amide bonds. The fraction of sp³-hybridized carbons (Fsp3) is 0.583. The molecular formula is C12H17N3O3. The van der Waals surface area contributed by atoms with E-state index in [1.54, 1.807) is 12.1 Å². The van der Waals surface area contributed by atoms with Gasteiger partial charge in [-0.25, -0.2) is 0 Å². The molecule has 0 saturated carbocycles. The average Bonchev–Trinajstić information content (AvgIpc) is 2.90. The van der Waals surface area contributed by atoms with Gasteiger partial charge in [-0.1, -0.05) is 0 Å². The zero-order valence-corrected chi connectivity index (χ0v) is 10.4. The molecule has 1 atom stereocenters. The fourth-order valence-electron chi connectivity index (χ4n) is 1.77. The second-order valence-corrected chi connectivity index (χ2v) is 4.03. The minimum Gasteiger partial charge on any atom is -0.477 e. The first-order valence-electron chi connectivity index (χ1n) is 6.16. The molecule has 1 fully saturated rings. The van der Waals surface area contributed by atoms with Crippen LogP contribution in [-0.2, 0) is 4.74 Å². The lowest BCUT2D eigenvalue weighted by Gasteiger charge is -2.10. The second-order valence-electron chi connectivity index (χ2n) is 4.03. The van der Waals surface area contributed by atoms with Gasteiger partial charge in [-0.15, -0.1) is 10.2 Å². The van der Waals surface area contributed by atoms with Crippen LogP contribution in [0.1, 0.15) is 30.3 Å². The fourth-order valence-corrected chi connectivity index (χ4v) is 1.77. The Bertz CT molecular complexity index is 388. The van der Waals surface area contributed by atoms with Crippen LogP contribution in [0.15, 0.2) is 12.1 Å². The van der Waals surface area contributed by atoms with E-state index >= 15 is 0 Å². The van der Waals surface area contributed by atoms with Crippen LogP contribution in [0.4, 0.5) is 0 Å². The van der Waals surface area contributed by atoms with Crippen LogP contribution < -0.4 is 10.1 Å². The van der Waals surface area contributed by atoms with Crippen molar-refractivity contribution >= 4 is 5.91 Å². The molecule has 1 aromatic heterocycles. The summed E-state index contributed by atoms with van der Waals surface area (Å²) >= 11 is 0. The second kappa shape index (κ2) is 6.30. The van der Waals surface area contributed by atoms with E-state index in [9.17, 15) is 4.79 Å². The Hall–Kier alpha value is -1.69. The molecule has 1 aromatic rings. The first-order chi connectivity index (χ1) is 8.79. The van der Waals surface area contributed by atoms with Crippen LogP contribution in [0.2, 0.25) is 0 Å². The van der Waals surface area contributed by atoms with E-state index in [2.05, 4.69) is 15.5 Å². The Morgan fingerprint density at radius 1 is 1.56 bits per heavy atom. The van der Waals surface area contributed by atoms with Gasteiger partial charge < -0.3 is 14.8 Å². The van der Waals surface area contributed by atoms with Gasteiger partial charge in [-0.2, -0.15) is 0 Å². The molecule has 0 aliphatic carbocycles. The number of amides is 1. The summed E-state index contributed by atoms with van der Waals surface area (Å²) in [6, 6.07) is 3.24. The van der Waals surface area contributed by atoms with Gasteiger partial charge >= 0.3 is 0 Å². The van der Waals surface area contributed by atoms with E-state index in [-0.39, 0.29) is 17.7 Å². The molecule has 0 spiro atoms. The highest BCUT2D eigenvalue weighted by Crippen LogP contribution is 2.11. The SMILES string of the molecule is CCOc1ccc(C(=O)NCC2CCCO2)nn1. The molecule has 98 valence electrons. The molecular weight excluding hydrogens is 234 g/mol. The van der Waals surface area contributed by atoms with Gasteiger partial charge in [0.2, 0.25) is 5.88 Å². The minimum atomic E-state index is -0.235. The Labute approximate surface area is 106 Å². The lowest BCUT2D eigenvalue weighted by Crippen LogP contribution is -2.32. The summed E-state index contributed by atoms with van der Waals surface area (Å²) < 4.78 is 10.6. The van der Waals surface area contributed by atoms with Crippen LogP contribution in [0, 0.1) is 0 Å². The predicted octanol–water partition coefficient (Wildman–Crippen LogP) is 0.784. The van der Waals surface area contributed by atoms with Gasteiger partial charge in [0.25, 0.3) is 5.91 Å². The molecule has 1 saturated heterocycles. The minimum absolute atomic E-state index is 0.129. The number of nitrogens with zero attached hydrogens (tertiary/aromatic N) is 2. The van der Waals surface area contributed by atoms with Crippen molar-refractivity contribution < 1.29 is 14.3 Å². The topological polar surface area (TPSA) is 73.3 Å². The Balaban J connectivity index is 1.83. The van der Waals surface area contributed by atoms with Crippen LogP contribution in [0.5, 0.6) is 5.88 Å². The van der Waals surface area contributed by atoms with Gasteiger partial charge in [-0.3, -0.25) is 4.79 Å². The number of ether oxygens (including phenoxy) is 2. The first kappa shape index (κ1) is 12.8. The van der Waals surface area contributed by atoms with Crippen LogP contribution in [0.25, 0.3) is 0 Å². The number of hydrogen-bond acceptors (Lipinski definition) is 5. The van der Waals surface area contributed by atoms with Crippen molar-refractivity contribution in [3.8, 4) is 5.88 Å². The normalized spacial score (nSPS) is 18.6. The summed E-state index contributed by atoms with van der Waals surface area (Å²) in [4.78, 5) is 11.8. The van der Waals surface area contributed by atoms with Crippen LogP contribution in [-0.4, -0.2) is 42.0 Å². The van der Waals surface area contributed by atoms with Crippen molar-refractivity contribution in [3.05, 3.63) is 17.8 Å². The van der Waals surface area contributed by atoms with E-state index in [1.807, 2.05) is 6.92 Å². The van der Waals surface area contributed by atoms with E-state index in [4.69, 9.17) is 9.47 Å². The zero-order valence-electron chi connectivity index (χ0n) is 10.4. The lowest BCUT2D eigenvalue weighted by molar-refractivity contribution is 0.0852. The number of nitrogens with one attached hydrogen (secondary N) is 1. The molecule has 1 N–H and O–H groups in total. The quantitative estimate of drug-likeness (QED) is 0.837. The maximum Gasteiger partial charge on any atom is 0.271 e. The summed E-state index contributed by atoms with van der Waals surface area (Å²) in [6.07, 6.45) is 2.18. The smallest absolute Gasteiger partial charge is 0.271 e. The number of rotatable bonds is 5. The van der Waals surface area contributed by atoms with Gasteiger partial charge in [0.15, 0.2) is 5.69 Å².